The molecule has 0 heterocycles. The highest BCUT2D eigenvalue weighted by Gasteiger charge is 2.12. The van der Waals surface area contributed by atoms with E-state index < -0.39 is 5.82 Å². The minimum absolute atomic E-state index is 0. The van der Waals surface area contributed by atoms with Crippen molar-refractivity contribution >= 4 is 35.8 Å². The predicted molar refractivity (Wildman–Crippen MR) is 129 cm³/mol. The maximum Gasteiger partial charge on any atom is 0.243 e. The topological polar surface area (TPSA) is 66.0 Å². The summed E-state index contributed by atoms with van der Waals surface area (Å²) in [5.41, 5.74) is 1.95. The standard InChI is InChI=1S/C22H29FN4O2.HI/c1-16(18-10-11-20(29-4)19(23)14-18)26-22(25-15-21(28)27(2)3)24-13-12-17-8-6-5-7-9-17;/h5-11,14,16H,12-13,15H2,1-4H3,(H2,24,25,26);1H. The number of likely N-dealkylation sites (N-methyl/N-ethyl adjacent to an activating group) is 1. The molecule has 2 N–H and O–H groups in total. The quantitative estimate of drug-likeness (QED) is 0.314. The van der Waals surface area contributed by atoms with Crippen LogP contribution in [0.2, 0.25) is 0 Å². The number of benzene rings is 2. The van der Waals surface area contributed by atoms with Gasteiger partial charge in [-0.15, -0.1) is 24.0 Å². The van der Waals surface area contributed by atoms with Crippen LogP contribution in [0, 0.1) is 5.82 Å². The largest absolute Gasteiger partial charge is 0.494 e. The Balaban J connectivity index is 0.00000450. The van der Waals surface area contributed by atoms with Crippen LogP contribution in [0.25, 0.3) is 0 Å². The molecule has 164 valence electrons. The predicted octanol–water partition coefficient (Wildman–Crippen LogP) is 3.38. The summed E-state index contributed by atoms with van der Waals surface area (Å²) in [6, 6.07) is 14.7. The Kier molecular flexibility index (Phi) is 11.2. The summed E-state index contributed by atoms with van der Waals surface area (Å²) >= 11 is 0. The molecular formula is C22H30FIN4O2. The van der Waals surface area contributed by atoms with E-state index in [4.69, 9.17) is 4.74 Å². The molecule has 30 heavy (non-hydrogen) atoms. The molecule has 1 atom stereocenters. The summed E-state index contributed by atoms with van der Waals surface area (Å²) in [5, 5.41) is 6.49. The number of nitrogens with one attached hydrogen (secondary N) is 2. The van der Waals surface area contributed by atoms with Crippen molar-refractivity contribution in [2.45, 2.75) is 19.4 Å². The van der Waals surface area contributed by atoms with E-state index >= 15 is 0 Å². The van der Waals surface area contributed by atoms with Gasteiger partial charge in [0.05, 0.1) is 13.2 Å². The minimum atomic E-state index is -0.419. The zero-order chi connectivity index (χ0) is 21.2. The number of methoxy groups -OCH3 is 1. The molecule has 2 aromatic carbocycles. The van der Waals surface area contributed by atoms with Gasteiger partial charge >= 0.3 is 0 Å². The first-order valence-electron chi connectivity index (χ1n) is 9.53. The van der Waals surface area contributed by atoms with E-state index in [-0.39, 0.29) is 48.2 Å². The Bertz CT molecular complexity index is 831. The lowest BCUT2D eigenvalue weighted by Crippen LogP contribution is -2.40. The van der Waals surface area contributed by atoms with Crippen molar-refractivity contribution in [2.24, 2.45) is 4.99 Å². The van der Waals surface area contributed by atoms with Crippen molar-refractivity contribution in [1.29, 1.82) is 0 Å². The number of guanidine groups is 1. The molecule has 0 aliphatic heterocycles. The second kappa shape index (κ2) is 13.0. The zero-order valence-electron chi connectivity index (χ0n) is 17.8. The molecular weight excluding hydrogens is 498 g/mol. The lowest BCUT2D eigenvalue weighted by molar-refractivity contribution is -0.127. The van der Waals surface area contributed by atoms with E-state index in [1.54, 1.807) is 26.2 Å². The zero-order valence-corrected chi connectivity index (χ0v) is 20.1. The molecule has 2 rings (SSSR count). The molecule has 0 aliphatic carbocycles. The van der Waals surface area contributed by atoms with Gasteiger partial charge in [0.2, 0.25) is 5.91 Å². The van der Waals surface area contributed by atoms with Crippen LogP contribution in [0.5, 0.6) is 5.75 Å². The molecule has 0 saturated carbocycles. The molecule has 0 aromatic heterocycles. The Labute approximate surface area is 194 Å². The van der Waals surface area contributed by atoms with Crippen LogP contribution in [-0.4, -0.2) is 51.1 Å². The number of hydrogen-bond donors (Lipinski definition) is 2. The first kappa shape index (κ1) is 25.7. The number of ether oxygens (including phenoxy) is 1. The van der Waals surface area contributed by atoms with Crippen molar-refractivity contribution in [3.63, 3.8) is 0 Å². The third kappa shape index (κ3) is 8.17. The second-order valence-corrected chi connectivity index (χ2v) is 6.88. The maximum absolute atomic E-state index is 14.0. The van der Waals surface area contributed by atoms with E-state index in [0.717, 1.165) is 12.0 Å². The fourth-order valence-electron chi connectivity index (χ4n) is 2.65. The Hall–Kier alpha value is -2.36. The third-order valence-electron chi connectivity index (χ3n) is 4.45. The van der Waals surface area contributed by atoms with Crippen molar-refractivity contribution in [2.75, 3.05) is 34.3 Å². The number of aliphatic imine (C=N–C) groups is 1. The van der Waals surface area contributed by atoms with Crippen LogP contribution in [0.1, 0.15) is 24.1 Å². The van der Waals surface area contributed by atoms with Gasteiger partial charge in [-0.05, 0) is 36.6 Å². The normalized spacial score (nSPS) is 11.8. The van der Waals surface area contributed by atoms with Crippen LogP contribution >= 0.6 is 24.0 Å². The first-order valence-corrected chi connectivity index (χ1v) is 9.53. The van der Waals surface area contributed by atoms with Gasteiger partial charge < -0.3 is 20.3 Å². The van der Waals surface area contributed by atoms with Gasteiger partial charge in [-0.3, -0.25) is 4.79 Å². The van der Waals surface area contributed by atoms with E-state index in [1.807, 2.05) is 25.1 Å². The summed E-state index contributed by atoms with van der Waals surface area (Å²) < 4.78 is 19.0. The summed E-state index contributed by atoms with van der Waals surface area (Å²) in [4.78, 5) is 17.8. The van der Waals surface area contributed by atoms with Gasteiger partial charge in [-0.2, -0.15) is 0 Å². The average molecular weight is 528 g/mol. The fraction of sp³-hybridized carbons (Fsp3) is 0.364. The van der Waals surface area contributed by atoms with Crippen LogP contribution in [0.3, 0.4) is 0 Å². The third-order valence-corrected chi connectivity index (χ3v) is 4.45. The van der Waals surface area contributed by atoms with Gasteiger partial charge in [-0.1, -0.05) is 36.4 Å². The molecule has 0 saturated heterocycles. The highest BCUT2D eigenvalue weighted by molar-refractivity contribution is 14.0. The second-order valence-electron chi connectivity index (χ2n) is 6.88. The molecule has 0 radical (unpaired) electrons. The highest BCUT2D eigenvalue weighted by atomic mass is 127. The van der Waals surface area contributed by atoms with E-state index in [9.17, 15) is 9.18 Å². The number of nitrogens with zero attached hydrogens (tertiary/aromatic N) is 2. The van der Waals surface area contributed by atoms with Crippen molar-refractivity contribution in [3.8, 4) is 5.75 Å². The summed E-state index contributed by atoms with van der Waals surface area (Å²) in [6.45, 7) is 2.58. The summed E-state index contributed by atoms with van der Waals surface area (Å²) in [5.74, 6) is 0.182. The van der Waals surface area contributed by atoms with Crippen LogP contribution in [-0.2, 0) is 11.2 Å². The number of amides is 1. The lowest BCUT2D eigenvalue weighted by Gasteiger charge is -2.19. The molecule has 1 unspecified atom stereocenters. The summed E-state index contributed by atoms with van der Waals surface area (Å²) in [7, 11) is 4.82. The number of halogens is 2. The molecule has 1 amide bonds. The van der Waals surface area contributed by atoms with Crippen molar-refractivity contribution < 1.29 is 13.9 Å². The number of hydrogen-bond acceptors (Lipinski definition) is 3. The van der Waals surface area contributed by atoms with Crippen molar-refractivity contribution in [1.82, 2.24) is 15.5 Å². The van der Waals surface area contributed by atoms with Crippen LogP contribution in [0.4, 0.5) is 4.39 Å². The van der Waals surface area contributed by atoms with Crippen LogP contribution < -0.4 is 15.4 Å². The average Bonchev–Trinajstić information content (AvgIpc) is 2.72. The Morgan fingerprint density at radius 3 is 2.50 bits per heavy atom. The number of carbonyl (C=O) groups excluding carboxylic acids is 1. The van der Waals surface area contributed by atoms with Gasteiger partial charge in [0.25, 0.3) is 0 Å². The van der Waals surface area contributed by atoms with Crippen LogP contribution in [0.15, 0.2) is 53.5 Å². The van der Waals surface area contributed by atoms with Gasteiger partial charge in [0, 0.05) is 20.6 Å². The molecule has 0 fully saturated rings. The highest BCUT2D eigenvalue weighted by Crippen LogP contribution is 2.21. The molecule has 2 aromatic rings. The van der Waals surface area contributed by atoms with Crippen molar-refractivity contribution in [3.05, 3.63) is 65.5 Å². The molecule has 0 bridgehead atoms. The molecule has 8 heteroatoms. The Morgan fingerprint density at radius 1 is 1.20 bits per heavy atom. The smallest absolute Gasteiger partial charge is 0.243 e. The van der Waals surface area contributed by atoms with E-state index in [2.05, 4.69) is 27.8 Å². The number of rotatable bonds is 8. The van der Waals surface area contributed by atoms with E-state index in [0.29, 0.717) is 12.5 Å². The molecule has 0 aliphatic rings. The molecule has 6 nitrogen and oxygen atoms in total. The monoisotopic (exact) mass is 528 g/mol. The fourth-order valence-corrected chi connectivity index (χ4v) is 2.65. The Morgan fingerprint density at radius 2 is 1.90 bits per heavy atom. The van der Waals surface area contributed by atoms with E-state index in [1.165, 1.54) is 23.6 Å². The minimum Gasteiger partial charge on any atom is -0.494 e. The SMILES string of the molecule is COc1ccc(C(C)NC(=NCC(=O)N(C)C)NCCc2ccccc2)cc1F.I. The van der Waals surface area contributed by atoms with Gasteiger partial charge in [-0.25, -0.2) is 9.38 Å². The van der Waals surface area contributed by atoms with Gasteiger partial charge in [0.1, 0.15) is 6.54 Å². The summed E-state index contributed by atoms with van der Waals surface area (Å²) in [6.07, 6.45) is 0.814. The maximum atomic E-state index is 14.0. The lowest BCUT2D eigenvalue weighted by atomic mass is 10.1. The first-order chi connectivity index (χ1) is 13.9. The number of carbonyl (C=O) groups is 1. The molecule has 0 spiro atoms. The van der Waals surface area contributed by atoms with Gasteiger partial charge in [0.15, 0.2) is 17.5 Å².